The monoisotopic (exact) mass is 418 g/mol. The first kappa shape index (κ1) is 19.8. The van der Waals surface area contributed by atoms with Crippen molar-refractivity contribution in [2.45, 2.75) is 6.54 Å². The maximum atomic E-state index is 13.1. The zero-order chi connectivity index (χ0) is 20.3. The number of non-ortho nitro benzene ring substituents is 1. The third-order valence-electron chi connectivity index (χ3n) is 3.83. The number of nitro groups is 1. The van der Waals surface area contributed by atoms with Crippen molar-refractivity contribution in [1.29, 1.82) is 0 Å². The molecule has 2 amide bonds. The number of thioether (sulfide) groups is 1. The van der Waals surface area contributed by atoms with E-state index in [2.05, 4.69) is 0 Å². The smallest absolute Gasteiger partial charge is 0.268 e. The van der Waals surface area contributed by atoms with E-state index in [1.165, 1.54) is 30.3 Å². The van der Waals surface area contributed by atoms with Crippen molar-refractivity contribution in [2.24, 2.45) is 0 Å². The van der Waals surface area contributed by atoms with Gasteiger partial charge in [-0.3, -0.25) is 24.6 Å². The molecule has 0 radical (unpaired) electrons. The minimum atomic E-state index is -0.505. The number of rotatable bonds is 5. The Morgan fingerprint density at radius 1 is 1.21 bits per heavy atom. The number of carbonyl (C=O) groups is 2. The van der Waals surface area contributed by atoms with E-state index in [4.69, 9.17) is 11.6 Å². The molecule has 2 aromatic carbocycles. The van der Waals surface area contributed by atoms with E-state index in [0.717, 1.165) is 22.7 Å². The molecule has 142 valence electrons. The third-order valence-corrected chi connectivity index (χ3v) is 5.11. The standard InChI is InChI=1S/C19H12ClFN2O4S/c20-16-10-14(21)8-7-13(16)11-22-18(24)17(28-19(22)25)6-2-4-12-3-1-5-15(9-12)23(26)27/h1-10H,11H2/b4-2+,17-6-. The zero-order valence-corrected chi connectivity index (χ0v) is 15.7. The van der Waals surface area contributed by atoms with Crippen molar-refractivity contribution < 1.29 is 18.9 Å². The Labute approximate surface area is 168 Å². The van der Waals surface area contributed by atoms with Crippen molar-refractivity contribution in [3.05, 3.63) is 91.6 Å². The van der Waals surface area contributed by atoms with E-state index in [1.807, 2.05) is 0 Å². The lowest BCUT2D eigenvalue weighted by Crippen LogP contribution is -2.27. The highest BCUT2D eigenvalue weighted by molar-refractivity contribution is 8.18. The number of hydrogen-bond acceptors (Lipinski definition) is 5. The van der Waals surface area contributed by atoms with Gasteiger partial charge in [0, 0.05) is 17.2 Å². The molecule has 6 nitrogen and oxygen atoms in total. The molecule has 1 aliphatic heterocycles. The average molecular weight is 419 g/mol. The second-order valence-electron chi connectivity index (χ2n) is 5.74. The Bertz CT molecular complexity index is 1040. The van der Waals surface area contributed by atoms with Crippen molar-refractivity contribution in [2.75, 3.05) is 0 Å². The molecule has 2 aromatic rings. The molecule has 0 aliphatic carbocycles. The van der Waals surface area contributed by atoms with Gasteiger partial charge in [-0.1, -0.05) is 42.0 Å². The molecular weight excluding hydrogens is 407 g/mol. The molecule has 0 unspecified atom stereocenters. The van der Waals surface area contributed by atoms with Crippen LogP contribution in [0.1, 0.15) is 11.1 Å². The molecule has 0 aromatic heterocycles. The second-order valence-corrected chi connectivity index (χ2v) is 7.14. The molecular formula is C19H12ClFN2O4S. The number of allylic oxidation sites excluding steroid dienone is 2. The summed E-state index contributed by atoms with van der Waals surface area (Å²) in [5.41, 5.74) is 1.00. The number of imide groups is 1. The highest BCUT2D eigenvalue weighted by Crippen LogP contribution is 2.33. The highest BCUT2D eigenvalue weighted by atomic mass is 35.5. The van der Waals surface area contributed by atoms with E-state index >= 15 is 0 Å². The van der Waals surface area contributed by atoms with Gasteiger partial charge < -0.3 is 0 Å². The molecule has 1 heterocycles. The predicted molar refractivity (Wildman–Crippen MR) is 105 cm³/mol. The van der Waals surface area contributed by atoms with E-state index in [0.29, 0.717) is 11.1 Å². The molecule has 1 fully saturated rings. The summed E-state index contributed by atoms with van der Waals surface area (Å²) in [6.07, 6.45) is 4.61. The van der Waals surface area contributed by atoms with E-state index in [-0.39, 0.29) is 22.2 Å². The van der Waals surface area contributed by atoms with Gasteiger partial charge >= 0.3 is 0 Å². The number of amides is 2. The van der Waals surface area contributed by atoms with Crippen LogP contribution in [-0.2, 0) is 11.3 Å². The van der Waals surface area contributed by atoms with Crippen LogP contribution in [0.15, 0.2) is 59.5 Å². The Morgan fingerprint density at radius 3 is 2.71 bits per heavy atom. The van der Waals surface area contributed by atoms with Crippen molar-refractivity contribution in [3.8, 4) is 0 Å². The topological polar surface area (TPSA) is 80.5 Å². The fourth-order valence-corrected chi connectivity index (χ4v) is 3.48. The van der Waals surface area contributed by atoms with Crippen molar-refractivity contribution >= 4 is 46.3 Å². The van der Waals surface area contributed by atoms with Crippen LogP contribution in [0, 0.1) is 15.9 Å². The van der Waals surface area contributed by atoms with Crippen LogP contribution < -0.4 is 0 Å². The number of hydrogen-bond donors (Lipinski definition) is 0. The van der Waals surface area contributed by atoms with Gasteiger partial charge in [-0.15, -0.1) is 0 Å². The van der Waals surface area contributed by atoms with E-state index in [1.54, 1.807) is 24.3 Å². The van der Waals surface area contributed by atoms with Crippen LogP contribution >= 0.6 is 23.4 Å². The van der Waals surface area contributed by atoms with Crippen LogP contribution in [-0.4, -0.2) is 21.0 Å². The second kappa shape index (κ2) is 8.37. The molecule has 0 bridgehead atoms. The zero-order valence-electron chi connectivity index (χ0n) is 14.2. The fourth-order valence-electron chi connectivity index (χ4n) is 2.46. The van der Waals surface area contributed by atoms with Crippen LogP contribution in [0.3, 0.4) is 0 Å². The summed E-state index contributed by atoms with van der Waals surface area (Å²) >= 11 is 6.73. The normalized spacial score (nSPS) is 15.8. The molecule has 0 atom stereocenters. The molecule has 0 saturated carbocycles. The number of halogens is 2. The average Bonchev–Trinajstić information content (AvgIpc) is 2.91. The minimum absolute atomic E-state index is 0.0429. The fraction of sp³-hybridized carbons (Fsp3) is 0.0526. The van der Waals surface area contributed by atoms with E-state index in [9.17, 15) is 24.1 Å². The number of nitrogens with zero attached hydrogens (tertiary/aromatic N) is 2. The molecule has 3 rings (SSSR count). The first-order chi connectivity index (χ1) is 13.3. The van der Waals surface area contributed by atoms with Crippen LogP contribution in [0.4, 0.5) is 14.9 Å². The quantitative estimate of drug-likeness (QED) is 0.379. The summed E-state index contributed by atoms with van der Waals surface area (Å²) < 4.78 is 13.1. The van der Waals surface area contributed by atoms with Gasteiger partial charge in [-0.25, -0.2) is 4.39 Å². The van der Waals surface area contributed by atoms with Crippen LogP contribution in [0.25, 0.3) is 6.08 Å². The van der Waals surface area contributed by atoms with Crippen molar-refractivity contribution in [1.82, 2.24) is 4.90 Å². The minimum Gasteiger partial charge on any atom is -0.268 e. The predicted octanol–water partition coefficient (Wildman–Crippen LogP) is 5.18. The maximum absolute atomic E-state index is 13.1. The summed E-state index contributed by atoms with van der Waals surface area (Å²) in [5.74, 6) is -0.992. The summed E-state index contributed by atoms with van der Waals surface area (Å²) in [6, 6.07) is 9.76. The highest BCUT2D eigenvalue weighted by Gasteiger charge is 2.35. The molecule has 28 heavy (non-hydrogen) atoms. The van der Waals surface area contributed by atoms with Gasteiger partial charge in [-0.05, 0) is 41.1 Å². The van der Waals surface area contributed by atoms with Crippen LogP contribution in [0.2, 0.25) is 5.02 Å². The third kappa shape index (κ3) is 4.47. The van der Waals surface area contributed by atoms with Gasteiger partial charge in [0.25, 0.3) is 16.8 Å². The molecule has 0 N–H and O–H groups in total. The molecule has 1 saturated heterocycles. The molecule has 1 aliphatic rings. The molecule has 9 heteroatoms. The molecule has 0 spiro atoms. The van der Waals surface area contributed by atoms with Gasteiger partial charge in [-0.2, -0.15) is 0 Å². The first-order valence-electron chi connectivity index (χ1n) is 7.95. The van der Waals surface area contributed by atoms with Gasteiger partial charge in [0.15, 0.2) is 0 Å². The van der Waals surface area contributed by atoms with Crippen LogP contribution in [0.5, 0.6) is 0 Å². The largest absolute Gasteiger partial charge is 0.293 e. The number of nitro benzene ring substituents is 1. The lowest BCUT2D eigenvalue weighted by molar-refractivity contribution is -0.384. The maximum Gasteiger partial charge on any atom is 0.293 e. The van der Waals surface area contributed by atoms with Crippen molar-refractivity contribution in [3.63, 3.8) is 0 Å². The summed E-state index contributed by atoms with van der Waals surface area (Å²) in [4.78, 5) is 36.1. The first-order valence-corrected chi connectivity index (χ1v) is 9.15. The summed E-state index contributed by atoms with van der Waals surface area (Å²) in [6.45, 7) is -0.0598. The Hall–Kier alpha value is -2.97. The summed E-state index contributed by atoms with van der Waals surface area (Å²) in [5, 5.41) is 10.5. The van der Waals surface area contributed by atoms with Gasteiger partial charge in [0.05, 0.1) is 16.4 Å². The lowest BCUT2D eigenvalue weighted by atomic mass is 10.2. The number of benzene rings is 2. The Balaban J connectivity index is 1.74. The lowest BCUT2D eigenvalue weighted by Gasteiger charge is -2.13. The van der Waals surface area contributed by atoms with Gasteiger partial charge in [0.1, 0.15) is 5.82 Å². The van der Waals surface area contributed by atoms with E-state index < -0.39 is 21.9 Å². The van der Waals surface area contributed by atoms with Gasteiger partial charge in [0.2, 0.25) is 0 Å². The summed E-state index contributed by atoms with van der Waals surface area (Å²) in [7, 11) is 0. The SMILES string of the molecule is O=C1S/C(=C\C=C\c2cccc([N+](=O)[O-])c2)C(=O)N1Cc1ccc(F)cc1Cl. The Morgan fingerprint density at radius 2 is 2.00 bits per heavy atom. The number of carbonyl (C=O) groups excluding carboxylic acids is 2. The Kier molecular flexibility index (Phi) is 5.91.